The van der Waals surface area contributed by atoms with Gasteiger partial charge in [0.2, 0.25) is 5.95 Å². The molecule has 2 aromatic rings. The molecule has 2 N–H and O–H groups in total. The molecule has 0 unspecified atom stereocenters. The van der Waals surface area contributed by atoms with E-state index in [-0.39, 0.29) is 11.6 Å². The first kappa shape index (κ1) is 20.8. The molecule has 0 aliphatic heterocycles. The number of rotatable bonds is 9. The first-order chi connectivity index (χ1) is 13.0. The quantitative estimate of drug-likeness (QED) is 0.618. The monoisotopic (exact) mass is 392 g/mol. The number of anilines is 2. The molecule has 0 saturated carbocycles. The molecule has 0 fully saturated rings. The van der Waals surface area contributed by atoms with E-state index in [9.17, 15) is 4.79 Å². The lowest BCUT2D eigenvalue weighted by atomic mass is 10.2. The Morgan fingerprint density at radius 1 is 1.11 bits per heavy atom. The molecule has 27 heavy (non-hydrogen) atoms. The van der Waals surface area contributed by atoms with Crippen molar-refractivity contribution in [2.75, 3.05) is 31.4 Å². The summed E-state index contributed by atoms with van der Waals surface area (Å²) in [7, 11) is 3.00. The number of nitrogens with one attached hydrogen (secondary N) is 2. The van der Waals surface area contributed by atoms with E-state index >= 15 is 0 Å². The Morgan fingerprint density at radius 3 is 2.52 bits per heavy atom. The third-order valence-electron chi connectivity index (χ3n) is 3.87. The van der Waals surface area contributed by atoms with Gasteiger partial charge in [0.1, 0.15) is 17.2 Å². The number of carbonyl (C=O) groups is 1. The Kier molecular flexibility index (Phi) is 7.67. The molecule has 2 rings (SSSR count). The SMILES string of the molecule is CCCCCNc1nc(C)cc(C(=O)Nc2cc(OC)c(Cl)cc2OC)n1. The van der Waals surface area contributed by atoms with Crippen molar-refractivity contribution in [2.24, 2.45) is 0 Å². The van der Waals surface area contributed by atoms with Crippen molar-refractivity contribution in [3.8, 4) is 11.5 Å². The molecule has 1 heterocycles. The number of nitrogens with zero attached hydrogens (tertiary/aromatic N) is 2. The summed E-state index contributed by atoms with van der Waals surface area (Å²) in [5.74, 6) is 0.930. The minimum Gasteiger partial charge on any atom is -0.495 e. The van der Waals surface area contributed by atoms with Crippen LogP contribution >= 0.6 is 11.6 Å². The van der Waals surface area contributed by atoms with Gasteiger partial charge >= 0.3 is 0 Å². The van der Waals surface area contributed by atoms with Crippen LogP contribution in [0.4, 0.5) is 11.6 Å². The Labute approximate surface area is 164 Å². The standard InChI is InChI=1S/C19H25ClN4O3/c1-5-6-7-8-21-19-22-12(2)9-15(24-19)18(25)23-14-11-16(26-3)13(20)10-17(14)27-4/h9-11H,5-8H2,1-4H3,(H,23,25)(H,21,22,24). The van der Waals surface area contributed by atoms with E-state index in [1.165, 1.54) is 14.2 Å². The maximum Gasteiger partial charge on any atom is 0.274 e. The smallest absolute Gasteiger partial charge is 0.274 e. The number of methoxy groups -OCH3 is 2. The second-order valence-corrected chi connectivity index (χ2v) is 6.40. The summed E-state index contributed by atoms with van der Waals surface area (Å²) in [6.45, 7) is 4.73. The first-order valence-electron chi connectivity index (χ1n) is 8.80. The van der Waals surface area contributed by atoms with Crippen LogP contribution in [0.2, 0.25) is 5.02 Å². The summed E-state index contributed by atoms with van der Waals surface area (Å²) in [6, 6.07) is 4.82. The Bertz CT molecular complexity index is 799. The third kappa shape index (κ3) is 5.72. The van der Waals surface area contributed by atoms with Crippen LogP contribution < -0.4 is 20.1 Å². The molecule has 0 spiro atoms. The van der Waals surface area contributed by atoms with Crippen LogP contribution in [0.1, 0.15) is 42.4 Å². The van der Waals surface area contributed by atoms with Crippen molar-refractivity contribution in [1.29, 1.82) is 0 Å². The van der Waals surface area contributed by atoms with Crippen LogP contribution in [0.5, 0.6) is 11.5 Å². The van der Waals surface area contributed by atoms with Crippen molar-refractivity contribution >= 4 is 29.1 Å². The predicted molar refractivity (Wildman–Crippen MR) is 107 cm³/mol. The molecule has 0 atom stereocenters. The lowest BCUT2D eigenvalue weighted by Crippen LogP contribution is -2.17. The Balaban J connectivity index is 2.19. The fourth-order valence-electron chi connectivity index (χ4n) is 2.48. The zero-order valence-corrected chi connectivity index (χ0v) is 16.8. The molecule has 0 bridgehead atoms. The van der Waals surface area contributed by atoms with Gasteiger partial charge in [-0.1, -0.05) is 31.4 Å². The van der Waals surface area contributed by atoms with Crippen LogP contribution in [0.25, 0.3) is 0 Å². The van der Waals surface area contributed by atoms with E-state index in [2.05, 4.69) is 27.5 Å². The third-order valence-corrected chi connectivity index (χ3v) is 4.17. The maximum atomic E-state index is 12.7. The van der Waals surface area contributed by atoms with E-state index < -0.39 is 0 Å². The number of amides is 1. The number of ether oxygens (including phenoxy) is 2. The molecule has 0 radical (unpaired) electrons. The summed E-state index contributed by atoms with van der Waals surface area (Å²) in [5, 5.41) is 6.35. The minimum absolute atomic E-state index is 0.261. The van der Waals surface area contributed by atoms with Crippen LogP contribution in [0, 0.1) is 6.92 Å². The molecule has 0 aliphatic rings. The topological polar surface area (TPSA) is 85.4 Å². The summed E-state index contributed by atoms with van der Waals surface area (Å²) < 4.78 is 10.5. The van der Waals surface area contributed by atoms with Crippen LogP contribution in [0.15, 0.2) is 18.2 Å². The number of carbonyl (C=O) groups excluding carboxylic acids is 1. The number of halogens is 1. The molecule has 0 saturated heterocycles. The number of benzene rings is 1. The molecule has 1 aromatic heterocycles. The Morgan fingerprint density at radius 2 is 1.85 bits per heavy atom. The van der Waals surface area contributed by atoms with Gasteiger partial charge < -0.3 is 20.1 Å². The summed E-state index contributed by atoms with van der Waals surface area (Å²) in [6.07, 6.45) is 3.29. The Hall–Kier alpha value is -2.54. The average Bonchev–Trinajstić information content (AvgIpc) is 2.65. The van der Waals surface area contributed by atoms with Gasteiger partial charge in [0.25, 0.3) is 5.91 Å². The van der Waals surface area contributed by atoms with Gasteiger partial charge in [-0.05, 0) is 19.4 Å². The van der Waals surface area contributed by atoms with Crippen LogP contribution in [-0.4, -0.2) is 36.6 Å². The lowest BCUT2D eigenvalue weighted by molar-refractivity contribution is 0.102. The van der Waals surface area contributed by atoms with Crippen molar-refractivity contribution in [3.63, 3.8) is 0 Å². The lowest BCUT2D eigenvalue weighted by Gasteiger charge is -2.13. The fourth-order valence-corrected chi connectivity index (χ4v) is 2.71. The van der Waals surface area contributed by atoms with E-state index in [0.717, 1.165) is 25.8 Å². The second kappa shape index (κ2) is 9.97. The molecule has 7 nitrogen and oxygen atoms in total. The van der Waals surface area contributed by atoms with E-state index in [4.69, 9.17) is 21.1 Å². The van der Waals surface area contributed by atoms with Crippen LogP contribution in [0.3, 0.4) is 0 Å². The van der Waals surface area contributed by atoms with Crippen molar-refractivity contribution in [2.45, 2.75) is 33.1 Å². The fraction of sp³-hybridized carbons (Fsp3) is 0.421. The largest absolute Gasteiger partial charge is 0.495 e. The van der Waals surface area contributed by atoms with Crippen molar-refractivity contribution in [3.05, 3.63) is 34.6 Å². The maximum absolute atomic E-state index is 12.7. The zero-order valence-electron chi connectivity index (χ0n) is 16.1. The van der Waals surface area contributed by atoms with Gasteiger partial charge in [-0.25, -0.2) is 9.97 Å². The number of unbranched alkanes of at least 4 members (excludes halogenated alkanes) is 2. The number of aromatic nitrogens is 2. The molecule has 1 amide bonds. The van der Waals surface area contributed by atoms with Gasteiger partial charge in [-0.15, -0.1) is 0 Å². The summed E-state index contributed by atoms with van der Waals surface area (Å²) in [4.78, 5) is 21.3. The molecule has 146 valence electrons. The number of hydrogen-bond acceptors (Lipinski definition) is 6. The minimum atomic E-state index is -0.375. The molecular formula is C19H25ClN4O3. The highest BCUT2D eigenvalue weighted by Gasteiger charge is 2.16. The van der Waals surface area contributed by atoms with E-state index in [1.807, 2.05) is 6.92 Å². The highest BCUT2D eigenvalue weighted by molar-refractivity contribution is 6.32. The van der Waals surface area contributed by atoms with Crippen molar-refractivity contribution in [1.82, 2.24) is 9.97 Å². The van der Waals surface area contributed by atoms with Gasteiger partial charge in [0.15, 0.2) is 0 Å². The highest BCUT2D eigenvalue weighted by atomic mass is 35.5. The zero-order chi connectivity index (χ0) is 19.8. The second-order valence-electron chi connectivity index (χ2n) is 5.99. The summed E-state index contributed by atoms with van der Waals surface area (Å²) in [5.41, 5.74) is 1.41. The predicted octanol–water partition coefficient (Wildman–Crippen LogP) is 4.31. The van der Waals surface area contributed by atoms with Gasteiger partial charge in [0.05, 0.1) is 24.9 Å². The molecule has 0 aliphatic carbocycles. The average molecular weight is 393 g/mol. The number of aryl methyl sites for hydroxylation is 1. The highest BCUT2D eigenvalue weighted by Crippen LogP contribution is 2.36. The molecular weight excluding hydrogens is 368 g/mol. The van der Waals surface area contributed by atoms with Gasteiger partial charge in [-0.2, -0.15) is 0 Å². The molecule has 1 aromatic carbocycles. The van der Waals surface area contributed by atoms with Gasteiger partial charge in [0, 0.05) is 24.4 Å². The van der Waals surface area contributed by atoms with Crippen molar-refractivity contribution < 1.29 is 14.3 Å². The number of hydrogen-bond donors (Lipinski definition) is 2. The summed E-state index contributed by atoms with van der Waals surface area (Å²) >= 11 is 6.10. The van der Waals surface area contributed by atoms with Crippen LogP contribution in [-0.2, 0) is 0 Å². The van der Waals surface area contributed by atoms with E-state index in [1.54, 1.807) is 18.2 Å². The van der Waals surface area contributed by atoms with Gasteiger partial charge in [-0.3, -0.25) is 4.79 Å². The first-order valence-corrected chi connectivity index (χ1v) is 9.18. The normalized spacial score (nSPS) is 10.4. The molecule has 8 heteroatoms. The van der Waals surface area contributed by atoms with E-state index in [0.29, 0.717) is 33.9 Å².